The molecule has 112 valence electrons. The smallest absolute Gasteiger partial charge is 0.146 e. The van der Waals surface area contributed by atoms with Crippen molar-refractivity contribution < 1.29 is 9.13 Å². The summed E-state index contributed by atoms with van der Waals surface area (Å²) in [5.41, 5.74) is 0.926. The van der Waals surface area contributed by atoms with E-state index in [-0.39, 0.29) is 5.82 Å². The van der Waals surface area contributed by atoms with E-state index in [2.05, 4.69) is 26.1 Å². The van der Waals surface area contributed by atoms with Crippen LogP contribution in [0.1, 0.15) is 40.0 Å². The first kappa shape index (κ1) is 15.3. The van der Waals surface area contributed by atoms with Gasteiger partial charge in [0, 0.05) is 6.54 Å². The van der Waals surface area contributed by atoms with Gasteiger partial charge in [-0.15, -0.1) is 0 Å². The van der Waals surface area contributed by atoms with Crippen LogP contribution in [0.2, 0.25) is 0 Å². The number of nitrogens with one attached hydrogen (secondary N) is 1. The predicted octanol–water partition coefficient (Wildman–Crippen LogP) is 4.47. The molecule has 0 aromatic heterocycles. The van der Waals surface area contributed by atoms with Crippen LogP contribution in [-0.4, -0.2) is 19.3 Å². The number of hydrogen-bond donors (Lipinski definition) is 1. The first-order valence-electron chi connectivity index (χ1n) is 7.56. The monoisotopic (exact) mass is 279 g/mol. The third kappa shape index (κ3) is 4.48. The van der Waals surface area contributed by atoms with Gasteiger partial charge in [0.25, 0.3) is 0 Å². The second kappa shape index (κ2) is 6.57. The van der Waals surface area contributed by atoms with E-state index in [4.69, 9.17) is 4.74 Å². The molecule has 0 heterocycles. The average molecular weight is 279 g/mol. The molecule has 1 aliphatic rings. The average Bonchev–Trinajstić information content (AvgIpc) is 2.34. The molecular formula is C17H26FNO. The number of ether oxygens (including phenoxy) is 1. The lowest BCUT2D eigenvalue weighted by molar-refractivity contribution is -0.0185. The molecule has 2 atom stereocenters. The zero-order chi connectivity index (χ0) is 14.6. The molecule has 1 aromatic carbocycles. The number of halogens is 1. The molecule has 0 saturated heterocycles. The Bertz CT molecular complexity index is 433. The van der Waals surface area contributed by atoms with Crippen LogP contribution in [0.5, 0.6) is 0 Å². The summed E-state index contributed by atoms with van der Waals surface area (Å²) in [5.74, 6) is 0.517. The predicted molar refractivity (Wildman–Crippen MR) is 81.4 cm³/mol. The first-order valence-corrected chi connectivity index (χ1v) is 7.56. The Morgan fingerprint density at radius 3 is 2.75 bits per heavy atom. The van der Waals surface area contributed by atoms with Crippen molar-refractivity contribution in [3.63, 3.8) is 0 Å². The maximum Gasteiger partial charge on any atom is 0.146 e. The van der Waals surface area contributed by atoms with Gasteiger partial charge in [0.05, 0.1) is 18.4 Å². The fraction of sp³-hybridized carbons (Fsp3) is 0.647. The summed E-state index contributed by atoms with van der Waals surface area (Å²) in [6.07, 6.45) is 3.89. The molecule has 0 bridgehead atoms. The Kier molecular flexibility index (Phi) is 5.03. The summed E-state index contributed by atoms with van der Waals surface area (Å²) in [5, 5.41) is 3.08. The molecule has 2 unspecified atom stereocenters. The van der Waals surface area contributed by atoms with Gasteiger partial charge in [-0.25, -0.2) is 4.39 Å². The number of hydrogen-bond acceptors (Lipinski definition) is 2. The molecule has 3 heteroatoms. The Hall–Kier alpha value is -1.09. The maximum atomic E-state index is 13.4. The van der Waals surface area contributed by atoms with Crippen molar-refractivity contribution in [2.45, 2.75) is 46.1 Å². The quantitative estimate of drug-likeness (QED) is 0.803. The zero-order valence-corrected chi connectivity index (χ0v) is 12.8. The van der Waals surface area contributed by atoms with Gasteiger partial charge in [-0.2, -0.15) is 0 Å². The van der Waals surface area contributed by atoms with E-state index in [1.807, 2.05) is 6.07 Å². The van der Waals surface area contributed by atoms with E-state index in [0.29, 0.717) is 30.4 Å². The van der Waals surface area contributed by atoms with Crippen LogP contribution < -0.4 is 5.32 Å². The molecule has 1 fully saturated rings. The highest BCUT2D eigenvalue weighted by Gasteiger charge is 2.32. The van der Waals surface area contributed by atoms with Crippen molar-refractivity contribution >= 4 is 5.69 Å². The van der Waals surface area contributed by atoms with Gasteiger partial charge in [-0.3, -0.25) is 0 Å². The van der Waals surface area contributed by atoms with Gasteiger partial charge in [-0.1, -0.05) is 32.9 Å². The molecular weight excluding hydrogens is 253 g/mol. The summed E-state index contributed by atoms with van der Waals surface area (Å²) in [6.45, 7) is 8.20. The molecule has 2 rings (SSSR count). The molecule has 0 amide bonds. The van der Waals surface area contributed by atoms with Crippen LogP contribution in [0.3, 0.4) is 0 Å². The highest BCUT2D eigenvalue weighted by atomic mass is 19.1. The third-order valence-electron chi connectivity index (χ3n) is 3.99. The lowest BCUT2D eigenvalue weighted by atomic mass is 9.71. The van der Waals surface area contributed by atoms with Crippen LogP contribution in [0.15, 0.2) is 24.3 Å². The van der Waals surface area contributed by atoms with Crippen molar-refractivity contribution in [3.8, 4) is 0 Å². The van der Waals surface area contributed by atoms with Crippen molar-refractivity contribution in [1.82, 2.24) is 0 Å². The molecule has 2 nitrogen and oxygen atoms in total. The van der Waals surface area contributed by atoms with Crippen LogP contribution in [0.25, 0.3) is 0 Å². The minimum atomic E-state index is -0.208. The van der Waals surface area contributed by atoms with Crippen LogP contribution >= 0.6 is 0 Å². The summed E-state index contributed by atoms with van der Waals surface area (Å²) in [6, 6.07) is 6.75. The number of benzene rings is 1. The Labute approximate surface area is 121 Å². The maximum absolute atomic E-state index is 13.4. The van der Waals surface area contributed by atoms with Crippen molar-refractivity contribution in [2.24, 2.45) is 11.3 Å². The SMILES string of the molecule is CC1CC(OCCNc2ccccc2F)CC(C)(C)C1. The fourth-order valence-corrected chi connectivity index (χ4v) is 3.40. The van der Waals surface area contributed by atoms with Gasteiger partial charge in [0.1, 0.15) is 5.82 Å². The van der Waals surface area contributed by atoms with Gasteiger partial charge in [0.2, 0.25) is 0 Å². The highest BCUT2D eigenvalue weighted by molar-refractivity contribution is 5.44. The van der Waals surface area contributed by atoms with E-state index in [1.54, 1.807) is 12.1 Å². The molecule has 0 radical (unpaired) electrons. The summed E-state index contributed by atoms with van der Waals surface area (Å²) in [7, 11) is 0. The van der Waals surface area contributed by atoms with Crippen molar-refractivity contribution in [3.05, 3.63) is 30.1 Å². The molecule has 20 heavy (non-hydrogen) atoms. The Morgan fingerprint density at radius 1 is 1.30 bits per heavy atom. The van der Waals surface area contributed by atoms with Gasteiger partial charge in [0.15, 0.2) is 0 Å². The largest absolute Gasteiger partial charge is 0.380 e. The second-order valence-corrected chi connectivity index (χ2v) is 6.81. The highest BCUT2D eigenvalue weighted by Crippen LogP contribution is 2.39. The van der Waals surface area contributed by atoms with Gasteiger partial charge >= 0.3 is 0 Å². The normalized spacial score (nSPS) is 25.4. The Balaban J connectivity index is 1.72. The second-order valence-electron chi connectivity index (χ2n) is 6.81. The van der Waals surface area contributed by atoms with E-state index >= 15 is 0 Å². The number of para-hydroxylation sites is 1. The minimum Gasteiger partial charge on any atom is -0.380 e. The van der Waals surface area contributed by atoms with Crippen LogP contribution in [0.4, 0.5) is 10.1 Å². The van der Waals surface area contributed by atoms with Crippen molar-refractivity contribution in [2.75, 3.05) is 18.5 Å². The molecule has 1 saturated carbocycles. The molecule has 0 spiro atoms. The molecule has 1 aromatic rings. The van der Waals surface area contributed by atoms with Gasteiger partial charge < -0.3 is 10.1 Å². The third-order valence-corrected chi connectivity index (χ3v) is 3.99. The van der Waals surface area contributed by atoms with E-state index in [1.165, 1.54) is 12.5 Å². The number of anilines is 1. The van der Waals surface area contributed by atoms with E-state index in [9.17, 15) is 4.39 Å². The fourth-order valence-electron chi connectivity index (χ4n) is 3.40. The van der Waals surface area contributed by atoms with E-state index < -0.39 is 0 Å². The summed E-state index contributed by atoms with van der Waals surface area (Å²) in [4.78, 5) is 0. The standard InChI is InChI=1S/C17H26FNO/c1-13-10-14(12-17(2,3)11-13)20-9-8-19-16-7-5-4-6-15(16)18/h4-7,13-14,19H,8-12H2,1-3H3. The lowest BCUT2D eigenvalue weighted by Crippen LogP contribution is -2.33. The summed E-state index contributed by atoms with van der Waals surface area (Å²) < 4.78 is 19.4. The van der Waals surface area contributed by atoms with Crippen LogP contribution in [-0.2, 0) is 4.74 Å². The van der Waals surface area contributed by atoms with E-state index in [0.717, 1.165) is 18.8 Å². The molecule has 0 aliphatic heterocycles. The topological polar surface area (TPSA) is 21.3 Å². The lowest BCUT2D eigenvalue weighted by Gasteiger charge is -2.38. The van der Waals surface area contributed by atoms with Crippen LogP contribution in [0, 0.1) is 17.2 Å². The Morgan fingerprint density at radius 2 is 2.05 bits per heavy atom. The minimum absolute atomic E-state index is 0.208. The molecule has 1 N–H and O–H groups in total. The molecule has 1 aliphatic carbocycles. The van der Waals surface area contributed by atoms with Gasteiger partial charge in [-0.05, 0) is 42.7 Å². The zero-order valence-electron chi connectivity index (χ0n) is 12.8. The van der Waals surface area contributed by atoms with Crippen molar-refractivity contribution in [1.29, 1.82) is 0 Å². The number of rotatable bonds is 5. The summed E-state index contributed by atoms with van der Waals surface area (Å²) >= 11 is 0. The first-order chi connectivity index (χ1) is 9.46.